The summed E-state index contributed by atoms with van der Waals surface area (Å²) in [6.07, 6.45) is 4.31. The Kier molecular flexibility index (Phi) is 5.24. The molecule has 1 heterocycles. The number of aliphatic hydroxyl groups excluding tert-OH is 1. The van der Waals surface area contributed by atoms with Gasteiger partial charge in [-0.1, -0.05) is 37.3 Å². The Morgan fingerprint density at radius 3 is 2.95 bits per heavy atom. The molecular formula is C18H24N2OS. The fourth-order valence-corrected chi connectivity index (χ4v) is 4.31. The maximum absolute atomic E-state index is 9.30. The minimum Gasteiger partial charge on any atom is -0.396 e. The second-order valence-corrected chi connectivity index (χ2v) is 7.35. The van der Waals surface area contributed by atoms with Crippen LogP contribution in [-0.2, 0) is 19.4 Å². The smallest absolute Gasteiger partial charge is 0.107 e. The summed E-state index contributed by atoms with van der Waals surface area (Å²) in [4.78, 5) is 6.29. The van der Waals surface area contributed by atoms with E-state index in [4.69, 9.17) is 4.98 Å². The topological polar surface area (TPSA) is 45.2 Å². The van der Waals surface area contributed by atoms with Crippen molar-refractivity contribution in [2.24, 2.45) is 5.92 Å². The van der Waals surface area contributed by atoms with Crippen molar-refractivity contribution in [2.75, 3.05) is 6.61 Å². The maximum Gasteiger partial charge on any atom is 0.107 e. The molecule has 0 fully saturated rings. The second-order valence-electron chi connectivity index (χ2n) is 6.18. The number of nitrogens with zero attached hydrogens (tertiary/aromatic N) is 1. The number of benzene rings is 1. The number of aromatic nitrogens is 1. The Morgan fingerprint density at radius 1 is 1.36 bits per heavy atom. The zero-order valence-corrected chi connectivity index (χ0v) is 13.9. The maximum atomic E-state index is 9.30. The normalized spacial score (nSPS) is 18.9. The van der Waals surface area contributed by atoms with Crippen molar-refractivity contribution in [1.29, 1.82) is 0 Å². The molecule has 0 bridgehead atoms. The highest BCUT2D eigenvalue weighted by Crippen LogP contribution is 2.30. The summed E-state index contributed by atoms with van der Waals surface area (Å²) in [5.74, 6) is 0.792. The third kappa shape index (κ3) is 3.75. The Morgan fingerprint density at radius 2 is 2.18 bits per heavy atom. The highest BCUT2D eigenvalue weighted by molar-refractivity contribution is 7.11. The molecule has 0 spiro atoms. The predicted octanol–water partition coefficient (Wildman–Crippen LogP) is 3.48. The van der Waals surface area contributed by atoms with Crippen molar-refractivity contribution in [1.82, 2.24) is 10.3 Å². The van der Waals surface area contributed by atoms with Gasteiger partial charge in [0.25, 0.3) is 0 Å². The lowest BCUT2D eigenvalue weighted by atomic mass is 9.93. The number of aryl methyl sites for hydroxylation is 1. The van der Waals surface area contributed by atoms with Crippen molar-refractivity contribution < 1.29 is 5.11 Å². The molecule has 1 aliphatic carbocycles. The molecule has 3 rings (SSSR count). The van der Waals surface area contributed by atoms with Gasteiger partial charge in [-0.2, -0.15) is 0 Å². The number of nitrogens with one attached hydrogen (secondary N) is 1. The summed E-state index contributed by atoms with van der Waals surface area (Å²) in [5.41, 5.74) is 2.55. The van der Waals surface area contributed by atoms with Crippen molar-refractivity contribution >= 4 is 11.3 Å². The van der Waals surface area contributed by atoms with Gasteiger partial charge >= 0.3 is 0 Å². The van der Waals surface area contributed by atoms with Crippen molar-refractivity contribution in [3.63, 3.8) is 0 Å². The van der Waals surface area contributed by atoms with Gasteiger partial charge in [-0.25, -0.2) is 4.98 Å². The van der Waals surface area contributed by atoms with E-state index in [0.29, 0.717) is 0 Å². The molecule has 22 heavy (non-hydrogen) atoms. The average Bonchev–Trinajstić information content (AvgIpc) is 2.94. The molecule has 1 unspecified atom stereocenters. The SMILES string of the molecule is CC1CCc2nc(CN[C@H](CCO)c3ccccc3)sc2C1. The van der Waals surface area contributed by atoms with Gasteiger partial charge in [-0.15, -0.1) is 11.3 Å². The Labute approximate surface area is 136 Å². The molecule has 1 aromatic carbocycles. The van der Waals surface area contributed by atoms with Crippen LogP contribution in [-0.4, -0.2) is 16.7 Å². The molecule has 0 aliphatic heterocycles. The van der Waals surface area contributed by atoms with Gasteiger partial charge < -0.3 is 10.4 Å². The van der Waals surface area contributed by atoms with E-state index in [1.54, 1.807) is 0 Å². The first-order valence-corrected chi connectivity index (χ1v) is 8.94. The summed E-state index contributed by atoms with van der Waals surface area (Å²) >= 11 is 1.86. The molecular weight excluding hydrogens is 292 g/mol. The molecule has 2 N–H and O–H groups in total. The third-order valence-electron chi connectivity index (χ3n) is 4.35. The Bertz CT molecular complexity index is 596. The number of fused-ring (bicyclic) bond motifs is 1. The van der Waals surface area contributed by atoms with Crippen molar-refractivity contribution in [3.05, 3.63) is 51.5 Å². The first kappa shape index (κ1) is 15.7. The molecule has 4 heteroatoms. The van der Waals surface area contributed by atoms with Crippen LogP contribution in [0.2, 0.25) is 0 Å². The number of hydrogen-bond donors (Lipinski definition) is 2. The number of rotatable bonds is 6. The van der Waals surface area contributed by atoms with Gasteiger partial charge in [0, 0.05) is 24.1 Å². The first-order chi connectivity index (χ1) is 10.8. The summed E-state index contributed by atoms with van der Waals surface area (Å²) in [5, 5.41) is 14.0. The quantitative estimate of drug-likeness (QED) is 0.857. The van der Waals surface area contributed by atoms with E-state index in [9.17, 15) is 5.11 Å². The fraction of sp³-hybridized carbons (Fsp3) is 0.500. The molecule has 0 radical (unpaired) electrons. The molecule has 0 saturated heterocycles. The standard InChI is InChI=1S/C18H24N2OS/c1-13-7-8-16-17(11-13)22-18(20-16)12-19-15(9-10-21)14-5-3-2-4-6-14/h2-6,13,15,19,21H,7-12H2,1H3/t13?,15-/m1/s1. The van der Waals surface area contributed by atoms with E-state index in [0.717, 1.165) is 25.3 Å². The minimum absolute atomic E-state index is 0.186. The van der Waals surface area contributed by atoms with E-state index in [1.807, 2.05) is 29.5 Å². The molecule has 2 atom stereocenters. The largest absolute Gasteiger partial charge is 0.396 e. The summed E-state index contributed by atoms with van der Waals surface area (Å²) in [7, 11) is 0. The predicted molar refractivity (Wildman–Crippen MR) is 91.0 cm³/mol. The van der Waals surface area contributed by atoms with Gasteiger partial charge in [-0.05, 0) is 37.2 Å². The van der Waals surface area contributed by atoms with E-state index in [2.05, 4.69) is 24.4 Å². The third-order valence-corrected chi connectivity index (χ3v) is 5.47. The number of aliphatic hydroxyl groups is 1. The lowest BCUT2D eigenvalue weighted by molar-refractivity contribution is 0.265. The summed E-state index contributed by atoms with van der Waals surface area (Å²) in [6.45, 7) is 3.30. The van der Waals surface area contributed by atoms with Crippen LogP contribution >= 0.6 is 11.3 Å². The van der Waals surface area contributed by atoms with E-state index < -0.39 is 0 Å². The molecule has 3 nitrogen and oxygen atoms in total. The van der Waals surface area contributed by atoms with E-state index in [-0.39, 0.29) is 12.6 Å². The van der Waals surface area contributed by atoms with E-state index >= 15 is 0 Å². The Balaban J connectivity index is 1.65. The lowest BCUT2D eigenvalue weighted by Crippen LogP contribution is -2.22. The van der Waals surface area contributed by atoms with Gasteiger partial charge in [0.1, 0.15) is 5.01 Å². The van der Waals surface area contributed by atoms with Crippen LogP contribution in [0.5, 0.6) is 0 Å². The summed E-state index contributed by atoms with van der Waals surface area (Å²) in [6, 6.07) is 10.5. The number of thiazole rings is 1. The molecule has 1 aliphatic rings. The highest BCUT2D eigenvalue weighted by atomic mass is 32.1. The average molecular weight is 316 g/mol. The molecule has 118 valence electrons. The first-order valence-electron chi connectivity index (χ1n) is 8.13. The van der Waals surface area contributed by atoms with Crippen LogP contribution in [0.3, 0.4) is 0 Å². The van der Waals surface area contributed by atoms with Crippen LogP contribution in [0.1, 0.15) is 46.9 Å². The summed E-state index contributed by atoms with van der Waals surface area (Å²) < 4.78 is 0. The van der Waals surface area contributed by atoms with Crippen LogP contribution in [0.15, 0.2) is 30.3 Å². The second kappa shape index (κ2) is 7.36. The molecule has 0 saturated carbocycles. The van der Waals surface area contributed by atoms with E-state index in [1.165, 1.54) is 34.0 Å². The van der Waals surface area contributed by atoms with Crippen molar-refractivity contribution in [2.45, 2.75) is 45.2 Å². The lowest BCUT2D eigenvalue weighted by Gasteiger charge is -2.17. The van der Waals surface area contributed by atoms with Crippen LogP contribution in [0.4, 0.5) is 0 Å². The highest BCUT2D eigenvalue weighted by Gasteiger charge is 2.20. The molecule has 0 amide bonds. The van der Waals surface area contributed by atoms with Gasteiger partial charge in [0.2, 0.25) is 0 Å². The minimum atomic E-state index is 0.186. The van der Waals surface area contributed by atoms with Crippen LogP contribution in [0.25, 0.3) is 0 Å². The van der Waals surface area contributed by atoms with Gasteiger partial charge in [0.15, 0.2) is 0 Å². The Hall–Kier alpha value is -1.23. The van der Waals surface area contributed by atoms with Crippen LogP contribution in [0, 0.1) is 5.92 Å². The monoisotopic (exact) mass is 316 g/mol. The van der Waals surface area contributed by atoms with Crippen molar-refractivity contribution in [3.8, 4) is 0 Å². The number of hydrogen-bond acceptors (Lipinski definition) is 4. The zero-order chi connectivity index (χ0) is 15.4. The van der Waals surface area contributed by atoms with Crippen LogP contribution < -0.4 is 5.32 Å². The van der Waals surface area contributed by atoms with Gasteiger partial charge in [-0.3, -0.25) is 0 Å². The van der Waals surface area contributed by atoms with Gasteiger partial charge in [0.05, 0.1) is 5.69 Å². The molecule has 2 aromatic rings. The zero-order valence-electron chi connectivity index (χ0n) is 13.1. The molecule has 1 aromatic heterocycles. The fourth-order valence-electron chi connectivity index (χ4n) is 3.08.